The van der Waals surface area contributed by atoms with E-state index in [9.17, 15) is 4.79 Å². The van der Waals surface area contributed by atoms with Gasteiger partial charge in [-0.1, -0.05) is 12.1 Å². The first-order chi connectivity index (χ1) is 6.77. The lowest BCUT2D eigenvalue weighted by molar-refractivity contribution is 0.0697. The Morgan fingerprint density at radius 1 is 1.36 bits per heavy atom. The van der Waals surface area contributed by atoms with Crippen LogP contribution in [-0.2, 0) is 0 Å². The molecule has 1 aromatic carbocycles. The van der Waals surface area contributed by atoms with Crippen LogP contribution in [0, 0.1) is 6.26 Å². The molecule has 2 aromatic rings. The van der Waals surface area contributed by atoms with Gasteiger partial charge >= 0.3 is 5.97 Å². The zero-order valence-corrected chi connectivity index (χ0v) is 7.23. The second-order valence-electron chi connectivity index (χ2n) is 2.80. The normalized spacial score (nSPS) is 10.0. The molecule has 1 heterocycles. The highest BCUT2D eigenvalue weighted by molar-refractivity contribution is 5.89. The molecule has 0 bridgehead atoms. The summed E-state index contributed by atoms with van der Waals surface area (Å²) in [6, 6.07) is 9.96. The predicted octanol–water partition coefficient (Wildman–Crippen LogP) is 2.44. The maximum atomic E-state index is 10.7. The Bertz CT molecular complexity index is 443. The van der Waals surface area contributed by atoms with Gasteiger partial charge in [-0.15, -0.1) is 0 Å². The van der Waals surface area contributed by atoms with Crippen LogP contribution in [0.4, 0.5) is 0 Å². The van der Waals surface area contributed by atoms with Crippen molar-refractivity contribution in [2.45, 2.75) is 0 Å². The number of hydrogen-bond donors (Lipinski definition) is 1. The molecule has 3 nitrogen and oxygen atoms in total. The Morgan fingerprint density at radius 3 is 2.86 bits per heavy atom. The SMILES string of the molecule is O=C(O)c1cccc(-c2cc[c]o2)c1. The summed E-state index contributed by atoms with van der Waals surface area (Å²) in [7, 11) is 0. The summed E-state index contributed by atoms with van der Waals surface area (Å²) in [5.41, 5.74) is 0.991. The maximum Gasteiger partial charge on any atom is 0.335 e. The quantitative estimate of drug-likeness (QED) is 0.785. The molecule has 0 amide bonds. The van der Waals surface area contributed by atoms with Gasteiger partial charge in [0.25, 0.3) is 0 Å². The number of aromatic carboxylic acids is 1. The van der Waals surface area contributed by atoms with Crippen molar-refractivity contribution in [3.05, 3.63) is 48.2 Å². The van der Waals surface area contributed by atoms with E-state index in [0.29, 0.717) is 5.76 Å². The zero-order valence-electron chi connectivity index (χ0n) is 7.23. The molecule has 0 spiro atoms. The predicted molar refractivity (Wildman–Crippen MR) is 49.9 cm³/mol. The van der Waals surface area contributed by atoms with Gasteiger partial charge < -0.3 is 9.52 Å². The molecular formula is C11H7O3. The molecule has 1 aromatic heterocycles. The lowest BCUT2D eigenvalue weighted by Gasteiger charge is -1.98. The fourth-order valence-electron chi connectivity index (χ4n) is 1.20. The summed E-state index contributed by atoms with van der Waals surface area (Å²) in [5.74, 6) is -0.324. The summed E-state index contributed by atoms with van der Waals surface area (Å²) in [6.07, 6.45) is 2.55. The molecule has 0 fully saturated rings. The van der Waals surface area contributed by atoms with E-state index in [2.05, 4.69) is 6.26 Å². The number of benzene rings is 1. The molecule has 0 saturated carbocycles. The van der Waals surface area contributed by atoms with Crippen molar-refractivity contribution in [3.8, 4) is 11.3 Å². The van der Waals surface area contributed by atoms with Crippen LogP contribution in [0.1, 0.15) is 10.4 Å². The third-order valence-corrected chi connectivity index (χ3v) is 1.87. The van der Waals surface area contributed by atoms with Crippen LogP contribution < -0.4 is 0 Å². The van der Waals surface area contributed by atoms with Crippen LogP contribution in [0.2, 0.25) is 0 Å². The summed E-state index contributed by atoms with van der Waals surface area (Å²) >= 11 is 0. The number of hydrogen-bond acceptors (Lipinski definition) is 2. The number of carboxylic acids is 1. The fourth-order valence-corrected chi connectivity index (χ4v) is 1.20. The van der Waals surface area contributed by atoms with Gasteiger partial charge in [0.05, 0.1) is 5.56 Å². The Morgan fingerprint density at radius 2 is 2.21 bits per heavy atom. The molecule has 0 aliphatic carbocycles. The monoisotopic (exact) mass is 187 g/mol. The number of carbonyl (C=O) groups is 1. The second kappa shape index (κ2) is 3.38. The van der Waals surface area contributed by atoms with Crippen LogP contribution in [-0.4, -0.2) is 11.1 Å². The van der Waals surface area contributed by atoms with Gasteiger partial charge in [-0.25, -0.2) is 4.79 Å². The van der Waals surface area contributed by atoms with Crippen LogP contribution in [0.3, 0.4) is 0 Å². The zero-order chi connectivity index (χ0) is 9.97. The van der Waals surface area contributed by atoms with Gasteiger partial charge in [0.15, 0.2) is 6.26 Å². The Kier molecular flexibility index (Phi) is 2.07. The number of carboxylic acid groups (broad SMARTS) is 1. The molecule has 0 saturated heterocycles. The third kappa shape index (κ3) is 1.52. The standard InChI is InChI=1S/C11H7O3/c12-11(13)9-4-1-3-8(7-9)10-5-2-6-14-10/h1-5,7H,(H,12,13). The highest BCUT2D eigenvalue weighted by atomic mass is 16.4. The number of furan rings is 1. The van der Waals surface area contributed by atoms with E-state index in [1.807, 2.05) is 0 Å². The minimum atomic E-state index is -0.942. The van der Waals surface area contributed by atoms with E-state index >= 15 is 0 Å². The average Bonchev–Trinajstić information content (AvgIpc) is 2.71. The molecule has 2 rings (SSSR count). The molecule has 0 aliphatic rings. The van der Waals surface area contributed by atoms with E-state index in [0.717, 1.165) is 5.56 Å². The van der Waals surface area contributed by atoms with Gasteiger partial charge in [-0.2, -0.15) is 0 Å². The molecule has 3 heteroatoms. The lowest BCUT2D eigenvalue weighted by Crippen LogP contribution is -1.95. The minimum absolute atomic E-state index is 0.249. The van der Waals surface area contributed by atoms with E-state index in [1.165, 1.54) is 0 Å². The smallest absolute Gasteiger partial charge is 0.335 e. The van der Waals surface area contributed by atoms with Gasteiger partial charge in [0.2, 0.25) is 0 Å². The highest BCUT2D eigenvalue weighted by Gasteiger charge is 2.05. The highest BCUT2D eigenvalue weighted by Crippen LogP contribution is 2.20. The first-order valence-corrected chi connectivity index (χ1v) is 4.07. The summed E-state index contributed by atoms with van der Waals surface area (Å²) in [4.78, 5) is 10.7. The van der Waals surface area contributed by atoms with Crippen LogP contribution in [0.5, 0.6) is 0 Å². The van der Waals surface area contributed by atoms with E-state index in [-0.39, 0.29) is 5.56 Å². The Labute approximate surface area is 80.6 Å². The van der Waals surface area contributed by atoms with Crippen molar-refractivity contribution in [1.29, 1.82) is 0 Å². The average molecular weight is 187 g/mol. The van der Waals surface area contributed by atoms with Gasteiger partial charge in [-0.3, -0.25) is 0 Å². The lowest BCUT2D eigenvalue weighted by atomic mass is 10.1. The van der Waals surface area contributed by atoms with Crippen molar-refractivity contribution >= 4 is 5.97 Å². The molecular weight excluding hydrogens is 180 g/mol. The van der Waals surface area contributed by atoms with Crippen LogP contribution in [0.15, 0.2) is 40.8 Å². The topological polar surface area (TPSA) is 50.4 Å². The van der Waals surface area contributed by atoms with Crippen molar-refractivity contribution in [2.75, 3.05) is 0 Å². The molecule has 14 heavy (non-hydrogen) atoms. The third-order valence-electron chi connectivity index (χ3n) is 1.87. The first-order valence-electron chi connectivity index (χ1n) is 4.07. The Balaban J connectivity index is 2.46. The molecule has 0 aliphatic heterocycles. The summed E-state index contributed by atoms with van der Waals surface area (Å²) < 4.78 is 5.04. The van der Waals surface area contributed by atoms with Crippen molar-refractivity contribution in [1.82, 2.24) is 0 Å². The molecule has 0 unspecified atom stereocenters. The molecule has 69 valence electrons. The minimum Gasteiger partial charge on any atom is -0.478 e. The van der Waals surface area contributed by atoms with E-state index < -0.39 is 5.97 Å². The Hall–Kier alpha value is -2.03. The largest absolute Gasteiger partial charge is 0.478 e. The van der Waals surface area contributed by atoms with Crippen LogP contribution >= 0.6 is 0 Å². The molecule has 0 atom stereocenters. The second-order valence-corrected chi connectivity index (χ2v) is 2.80. The van der Waals surface area contributed by atoms with E-state index in [4.69, 9.17) is 9.52 Å². The fraction of sp³-hybridized carbons (Fsp3) is 0. The van der Waals surface area contributed by atoms with Gasteiger partial charge in [-0.05, 0) is 24.3 Å². The number of rotatable bonds is 2. The van der Waals surface area contributed by atoms with Crippen molar-refractivity contribution < 1.29 is 14.3 Å². The van der Waals surface area contributed by atoms with Gasteiger partial charge in [0, 0.05) is 5.56 Å². The summed E-state index contributed by atoms with van der Waals surface area (Å²) in [5, 5.41) is 8.77. The van der Waals surface area contributed by atoms with Crippen molar-refractivity contribution in [2.24, 2.45) is 0 Å². The molecule has 1 N–H and O–H groups in total. The first kappa shape index (κ1) is 8.56. The summed E-state index contributed by atoms with van der Waals surface area (Å²) in [6.45, 7) is 0. The molecule has 1 radical (unpaired) electrons. The van der Waals surface area contributed by atoms with Crippen molar-refractivity contribution in [3.63, 3.8) is 0 Å². The van der Waals surface area contributed by atoms with Crippen LogP contribution in [0.25, 0.3) is 11.3 Å². The maximum absolute atomic E-state index is 10.7. The van der Waals surface area contributed by atoms with E-state index in [1.54, 1.807) is 36.4 Å². The van der Waals surface area contributed by atoms with Gasteiger partial charge in [0.1, 0.15) is 5.76 Å².